The summed E-state index contributed by atoms with van der Waals surface area (Å²) in [5.74, 6) is -0.105. The van der Waals surface area contributed by atoms with Crippen molar-refractivity contribution in [3.8, 4) is 5.75 Å². The summed E-state index contributed by atoms with van der Waals surface area (Å²) in [6, 6.07) is 6.34. The van der Waals surface area contributed by atoms with E-state index in [0.29, 0.717) is 12.1 Å². The zero-order chi connectivity index (χ0) is 15.5. The Bertz CT molecular complexity index is 468. The highest BCUT2D eigenvalue weighted by atomic mass is 19.4. The highest BCUT2D eigenvalue weighted by Crippen LogP contribution is 2.29. The highest BCUT2D eigenvalue weighted by Gasteiger charge is 2.33. The lowest BCUT2D eigenvalue weighted by Crippen LogP contribution is -2.49. The molecule has 1 aliphatic heterocycles. The van der Waals surface area contributed by atoms with Gasteiger partial charge in [0.2, 0.25) is 0 Å². The number of para-hydroxylation sites is 1. The third-order valence-electron chi connectivity index (χ3n) is 4.16. The van der Waals surface area contributed by atoms with Crippen LogP contribution in [0.4, 0.5) is 13.2 Å². The van der Waals surface area contributed by atoms with E-state index in [1.165, 1.54) is 6.07 Å². The molecule has 1 N–H and O–H groups in total. The van der Waals surface area contributed by atoms with Gasteiger partial charge in [-0.15, -0.1) is 13.2 Å². The van der Waals surface area contributed by atoms with Gasteiger partial charge in [-0.2, -0.15) is 0 Å². The second-order valence-corrected chi connectivity index (χ2v) is 5.74. The Morgan fingerprint density at radius 3 is 2.43 bits per heavy atom. The van der Waals surface area contributed by atoms with Crippen molar-refractivity contribution in [1.82, 2.24) is 10.2 Å². The Morgan fingerprint density at radius 1 is 1.24 bits per heavy atom. The smallest absolute Gasteiger partial charge is 0.405 e. The average Bonchev–Trinajstić information content (AvgIpc) is 2.42. The summed E-state index contributed by atoms with van der Waals surface area (Å²) in [6.07, 6.45) is -2.69. The van der Waals surface area contributed by atoms with Crippen molar-refractivity contribution in [3.05, 3.63) is 29.8 Å². The normalized spacial score (nSPS) is 19.5. The maximum atomic E-state index is 12.4. The maximum absolute atomic E-state index is 12.4. The standard InChI is InChI=1S/C15H21F3N2O/c1-14(19-2)7-9-20(10-8-14)11-12-5-3-4-6-13(12)21-15(16,17)18/h3-6,19H,7-11H2,1-2H3. The molecule has 21 heavy (non-hydrogen) atoms. The van der Waals surface area contributed by atoms with E-state index in [1.54, 1.807) is 18.2 Å². The fraction of sp³-hybridized carbons (Fsp3) is 0.600. The third-order valence-corrected chi connectivity index (χ3v) is 4.16. The van der Waals surface area contributed by atoms with Crippen LogP contribution in [0.15, 0.2) is 24.3 Å². The van der Waals surface area contributed by atoms with Crippen LogP contribution in [0, 0.1) is 0 Å². The summed E-state index contributed by atoms with van der Waals surface area (Å²) in [6.45, 7) is 4.37. The first kappa shape index (κ1) is 16.1. The Kier molecular flexibility index (Phi) is 4.78. The number of hydrogen-bond donors (Lipinski definition) is 1. The van der Waals surface area contributed by atoms with Gasteiger partial charge in [-0.25, -0.2) is 0 Å². The van der Waals surface area contributed by atoms with Crippen molar-refractivity contribution < 1.29 is 17.9 Å². The van der Waals surface area contributed by atoms with Crippen LogP contribution in [0.3, 0.4) is 0 Å². The minimum absolute atomic E-state index is 0.105. The molecule has 0 atom stereocenters. The fourth-order valence-electron chi connectivity index (χ4n) is 2.55. The summed E-state index contributed by atoms with van der Waals surface area (Å²) in [4.78, 5) is 2.16. The number of likely N-dealkylation sites (tertiary alicyclic amines) is 1. The van der Waals surface area contributed by atoms with Gasteiger partial charge >= 0.3 is 6.36 Å². The topological polar surface area (TPSA) is 24.5 Å². The van der Waals surface area contributed by atoms with Gasteiger partial charge in [-0.1, -0.05) is 18.2 Å². The van der Waals surface area contributed by atoms with Crippen LogP contribution in [0.2, 0.25) is 0 Å². The molecule has 1 fully saturated rings. The molecular formula is C15H21F3N2O. The Hall–Kier alpha value is -1.27. The van der Waals surface area contributed by atoms with Crippen LogP contribution in [0.1, 0.15) is 25.3 Å². The molecule has 0 amide bonds. The quantitative estimate of drug-likeness (QED) is 0.924. The molecule has 0 aromatic heterocycles. The van der Waals surface area contributed by atoms with Crippen molar-refractivity contribution in [1.29, 1.82) is 0 Å². The molecule has 0 bridgehead atoms. The van der Waals surface area contributed by atoms with Gasteiger partial charge in [-0.3, -0.25) is 4.90 Å². The summed E-state index contributed by atoms with van der Waals surface area (Å²) in [7, 11) is 1.95. The van der Waals surface area contributed by atoms with Crippen LogP contribution in [-0.4, -0.2) is 36.9 Å². The Morgan fingerprint density at radius 2 is 1.86 bits per heavy atom. The Balaban J connectivity index is 2.01. The number of benzene rings is 1. The van der Waals surface area contributed by atoms with Crippen LogP contribution in [0.25, 0.3) is 0 Å². The first-order chi connectivity index (χ1) is 9.81. The highest BCUT2D eigenvalue weighted by molar-refractivity contribution is 5.33. The van der Waals surface area contributed by atoms with Crippen LogP contribution < -0.4 is 10.1 Å². The zero-order valence-corrected chi connectivity index (χ0v) is 12.3. The number of rotatable bonds is 4. The minimum Gasteiger partial charge on any atom is -0.405 e. The van der Waals surface area contributed by atoms with E-state index in [0.717, 1.165) is 25.9 Å². The molecule has 3 nitrogen and oxygen atoms in total. The number of piperidine rings is 1. The van der Waals surface area contributed by atoms with Crippen LogP contribution in [-0.2, 0) is 6.54 Å². The van der Waals surface area contributed by atoms with Gasteiger partial charge in [0.05, 0.1) is 0 Å². The van der Waals surface area contributed by atoms with Gasteiger partial charge in [0.25, 0.3) is 0 Å². The molecule has 0 saturated carbocycles. The molecule has 1 aromatic carbocycles. The minimum atomic E-state index is -4.65. The summed E-state index contributed by atoms with van der Waals surface area (Å²) in [5, 5.41) is 3.31. The number of halogens is 3. The van der Waals surface area contributed by atoms with Crippen molar-refractivity contribution in [2.24, 2.45) is 0 Å². The first-order valence-electron chi connectivity index (χ1n) is 7.06. The predicted molar refractivity (Wildman–Crippen MR) is 75.1 cm³/mol. The van der Waals surface area contributed by atoms with Gasteiger partial charge in [-0.05, 0) is 32.9 Å². The SMILES string of the molecule is CNC1(C)CCN(Cc2ccccc2OC(F)(F)F)CC1. The van der Waals surface area contributed by atoms with E-state index in [9.17, 15) is 13.2 Å². The summed E-state index contributed by atoms with van der Waals surface area (Å²) in [5.41, 5.74) is 0.696. The largest absolute Gasteiger partial charge is 0.573 e. The number of nitrogens with one attached hydrogen (secondary N) is 1. The number of hydrogen-bond acceptors (Lipinski definition) is 3. The van der Waals surface area contributed by atoms with E-state index in [1.807, 2.05) is 7.05 Å². The van der Waals surface area contributed by atoms with Crippen LogP contribution >= 0.6 is 0 Å². The predicted octanol–water partition coefficient (Wildman–Crippen LogP) is 3.16. The molecular weight excluding hydrogens is 281 g/mol. The second-order valence-electron chi connectivity index (χ2n) is 5.74. The van der Waals surface area contributed by atoms with E-state index >= 15 is 0 Å². The lowest BCUT2D eigenvalue weighted by molar-refractivity contribution is -0.275. The monoisotopic (exact) mass is 302 g/mol. The maximum Gasteiger partial charge on any atom is 0.573 e. The van der Waals surface area contributed by atoms with Crippen LogP contribution in [0.5, 0.6) is 5.75 Å². The third kappa shape index (κ3) is 4.61. The zero-order valence-electron chi connectivity index (χ0n) is 12.3. The average molecular weight is 302 g/mol. The molecule has 1 aliphatic rings. The molecule has 0 spiro atoms. The van der Waals surface area contributed by atoms with Gasteiger partial charge in [0.1, 0.15) is 5.75 Å². The molecule has 118 valence electrons. The van der Waals surface area contributed by atoms with Gasteiger partial charge in [0, 0.05) is 30.7 Å². The lowest BCUT2D eigenvalue weighted by atomic mass is 9.90. The van der Waals surface area contributed by atoms with Gasteiger partial charge < -0.3 is 10.1 Å². The van der Waals surface area contributed by atoms with Crippen molar-refractivity contribution >= 4 is 0 Å². The number of alkyl halides is 3. The number of nitrogens with zero attached hydrogens (tertiary/aromatic N) is 1. The second kappa shape index (κ2) is 6.23. The van der Waals surface area contributed by atoms with Crippen molar-refractivity contribution in [2.75, 3.05) is 20.1 Å². The first-order valence-corrected chi connectivity index (χ1v) is 7.06. The van der Waals surface area contributed by atoms with Crippen molar-refractivity contribution in [3.63, 3.8) is 0 Å². The summed E-state index contributed by atoms with van der Waals surface area (Å²) < 4.78 is 41.3. The molecule has 1 saturated heterocycles. The molecule has 0 radical (unpaired) electrons. The number of ether oxygens (including phenoxy) is 1. The summed E-state index contributed by atoms with van der Waals surface area (Å²) >= 11 is 0. The molecule has 0 aliphatic carbocycles. The van der Waals surface area contributed by atoms with E-state index in [2.05, 4.69) is 21.9 Å². The Labute approximate surface area is 123 Å². The lowest BCUT2D eigenvalue weighted by Gasteiger charge is -2.39. The molecule has 0 unspecified atom stereocenters. The van der Waals surface area contributed by atoms with Crippen molar-refractivity contribution in [2.45, 2.75) is 38.2 Å². The molecule has 1 heterocycles. The molecule has 2 rings (SSSR count). The van der Waals surface area contributed by atoms with Gasteiger partial charge in [0.15, 0.2) is 0 Å². The van der Waals surface area contributed by atoms with E-state index in [-0.39, 0.29) is 11.3 Å². The van der Waals surface area contributed by atoms with E-state index < -0.39 is 6.36 Å². The molecule has 6 heteroatoms. The molecule has 1 aromatic rings. The van der Waals surface area contributed by atoms with E-state index in [4.69, 9.17) is 0 Å². The fourth-order valence-corrected chi connectivity index (χ4v) is 2.55.